The lowest BCUT2D eigenvalue weighted by atomic mass is 10.2. The number of rotatable bonds is 8. The van der Waals surface area contributed by atoms with Crippen molar-refractivity contribution in [3.63, 3.8) is 0 Å². The molecular weight excluding hydrogens is 388 g/mol. The number of nitrogens with zero attached hydrogens (tertiary/aromatic N) is 5. The molecule has 0 saturated carbocycles. The van der Waals surface area contributed by atoms with Crippen molar-refractivity contribution in [1.29, 1.82) is 0 Å². The van der Waals surface area contributed by atoms with Crippen molar-refractivity contribution in [3.05, 3.63) is 49.2 Å². The molecule has 1 aromatic carbocycles. The summed E-state index contributed by atoms with van der Waals surface area (Å²) in [7, 11) is 0. The second kappa shape index (κ2) is 9.26. The summed E-state index contributed by atoms with van der Waals surface area (Å²) in [6.07, 6.45) is -0.321. The van der Waals surface area contributed by atoms with Gasteiger partial charge in [0.25, 0.3) is 11.1 Å². The maximum Gasteiger partial charge on any atom is 0.288 e. The molecule has 0 aromatic heterocycles. The Labute approximate surface area is 165 Å². The molecule has 0 spiro atoms. The van der Waals surface area contributed by atoms with Gasteiger partial charge in [-0.3, -0.25) is 25.0 Å². The molecule has 0 radical (unpaired) electrons. The molecule has 1 aliphatic heterocycles. The maximum atomic E-state index is 11.5. The molecule has 1 amide bonds. The van der Waals surface area contributed by atoms with Crippen molar-refractivity contribution in [2.45, 2.75) is 32.6 Å². The van der Waals surface area contributed by atoms with E-state index in [-0.39, 0.29) is 23.1 Å². The monoisotopic (exact) mass is 408 g/mol. The Bertz CT molecular complexity index is 852. The molecule has 1 aromatic rings. The van der Waals surface area contributed by atoms with Crippen LogP contribution in [0.1, 0.15) is 27.2 Å². The highest BCUT2D eigenvalue weighted by Gasteiger charge is 2.40. The van der Waals surface area contributed by atoms with E-state index in [0.29, 0.717) is 23.1 Å². The lowest BCUT2D eigenvalue weighted by Gasteiger charge is -2.22. The minimum Gasteiger partial charge on any atom is -0.372 e. The van der Waals surface area contributed by atoms with Crippen LogP contribution in [0.25, 0.3) is 0 Å². The van der Waals surface area contributed by atoms with Gasteiger partial charge in [0, 0.05) is 30.6 Å². The number of azo groups is 1. The number of hydrogen-bond acceptors (Lipinski definition) is 9. The molecule has 0 saturated heterocycles. The third-order valence-electron chi connectivity index (χ3n) is 3.99. The van der Waals surface area contributed by atoms with Gasteiger partial charge in [0.2, 0.25) is 5.91 Å². The normalized spacial score (nSPS) is 16.5. The van der Waals surface area contributed by atoms with Gasteiger partial charge in [-0.2, -0.15) is 0 Å². The fourth-order valence-electron chi connectivity index (χ4n) is 2.63. The Morgan fingerprint density at radius 3 is 2.50 bits per heavy atom. The van der Waals surface area contributed by atoms with Crippen LogP contribution in [0.2, 0.25) is 0 Å². The summed E-state index contributed by atoms with van der Waals surface area (Å²) in [5, 5.41) is 31.4. The number of anilines is 2. The summed E-state index contributed by atoms with van der Waals surface area (Å²) >= 11 is 0.692. The van der Waals surface area contributed by atoms with Gasteiger partial charge in [0.15, 0.2) is 5.03 Å². The second-order valence-corrected chi connectivity index (χ2v) is 6.99. The first-order chi connectivity index (χ1) is 13.3. The van der Waals surface area contributed by atoms with Crippen molar-refractivity contribution >= 4 is 34.7 Å². The molecule has 12 heteroatoms. The van der Waals surface area contributed by atoms with Crippen LogP contribution in [0.5, 0.6) is 0 Å². The molecule has 0 bridgehead atoms. The maximum absolute atomic E-state index is 11.5. The van der Waals surface area contributed by atoms with Gasteiger partial charge in [0.1, 0.15) is 12.1 Å². The second-order valence-electron chi connectivity index (χ2n) is 5.83. The summed E-state index contributed by atoms with van der Waals surface area (Å²) in [4.78, 5) is 34.4. The molecule has 0 aliphatic carbocycles. The van der Waals surface area contributed by atoms with E-state index in [0.717, 1.165) is 18.8 Å². The minimum atomic E-state index is -1.16. The van der Waals surface area contributed by atoms with E-state index in [1.807, 2.05) is 13.8 Å². The van der Waals surface area contributed by atoms with Gasteiger partial charge in [0.05, 0.1) is 10.6 Å². The van der Waals surface area contributed by atoms with Crippen LogP contribution < -0.4 is 10.2 Å². The summed E-state index contributed by atoms with van der Waals surface area (Å²) in [6, 6.07) is 5.18. The summed E-state index contributed by atoms with van der Waals surface area (Å²) in [6.45, 7) is 6.91. The number of amides is 1. The van der Waals surface area contributed by atoms with Crippen molar-refractivity contribution < 1.29 is 14.6 Å². The Balaban J connectivity index is 2.38. The Morgan fingerprint density at radius 1 is 1.29 bits per heavy atom. The number of thioether (sulfide) groups is 1. The number of nitro groups is 2. The molecular formula is C16H20N6O5S. The fraction of sp³-hybridized carbons (Fsp3) is 0.438. The van der Waals surface area contributed by atoms with Gasteiger partial charge in [-0.15, -0.1) is 10.2 Å². The molecule has 1 N–H and O–H groups in total. The number of benzene rings is 1. The third-order valence-corrected chi connectivity index (χ3v) is 5.14. The first-order valence-corrected chi connectivity index (χ1v) is 9.40. The number of hydrogen-bond donors (Lipinski definition) is 1. The van der Waals surface area contributed by atoms with Gasteiger partial charge in [-0.25, -0.2) is 0 Å². The highest BCUT2D eigenvalue weighted by Crippen LogP contribution is 2.40. The average Bonchev–Trinajstić information content (AvgIpc) is 3.06. The van der Waals surface area contributed by atoms with Crippen molar-refractivity contribution in [2.75, 3.05) is 23.3 Å². The lowest BCUT2D eigenvalue weighted by Crippen LogP contribution is -2.21. The zero-order valence-corrected chi connectivity index (χ0v) is 16.4. The van der Waals surface area contributed by atoms with Crippen LogP contribution in [-0.2, 0) is 4.79 Å². The zero-order chi connectivity index (χ0) is 20.8. The van der Waals surface area contributed by atoms with Crippen molar-refractivity contribution in [3.8, 4) is 0 Å². The SMILES string of the molecule is CCN(CC)c1ccc(N=NC2=C([N+](=O)[O-])CC([N+](=O)[O-])S2)c(NC(C)=O)c1. The number of carbonyl (C=O) groups is 1. The van der Waals surface area contributed by atoms with Crippen LogP contribution in [0, 0.1) is 20.2 Å². The zero-order valence-electron chi connectivity index (χ0n) is 15.6. The smallest absolute Gasteiger partial charge is 0.288 e. The largest absolute Gasteiger partial charge is 0.372 e. The molecule has 0 fully saturated rings. The predicted molar refractivity (Wildman–Crippen MR) is 106 cm³/mol. The topological polar surface area (TPSA) is 143 Å². The highest BCUT2D eigenvalue weighted by molar-refractivity contribution is 8.03. The molecule has 1 unspecified atom stereocenters. The minimum absolute atomic E-state index is 0.103. The van der Waals surface area contributed by atoms with Crippen LogP contribution in [0.3, 0.4) is 0 Å². The first-order valence-electron chi connectivity index (χ1n) is 8.52. The molecule has 1 atom stereocenters. The van der Waals surface area contributed by atoms with Crippen molar-refractivity contribution in [2.24, 2.45) is 10.2 Å². The van der Waals surface area contributed by atoms with Crippen LogP contribution in [0.15, 0.2) is 39.2 Å². The van der Waals surface area contributed by atoms with Crippen LogP contribution >= 0.6 is 11.8 Å². The van der Waals surface area contributed by atoms with Crippen molar-refractivity contribution in [1.82, 2.24) is 0 Å². The quantitative estimate of drug-likeness (QED) is 0.392. The Hall–Kier alpha value is -3.02. The van der Waals surface area contributed by atoms with E-state index in [4.69, 9.17) is 0 Å². The molecule has 1 heterocycles. The summed E-state index contributed by atoms with van der Waals surface area (Å²) in [5.74, 6) is -0.304. The van der Waals surface area contributed by atoms with Gasteiger partial charge < -0.3 is 10.2 Å². The Kier molecular flexibility index (Phi) is 7.04. The van der Waals surface area contributed by atoms with E-state index in [1.54, 1.807) is 18.2 Å². The molecule has 1 aliphatic rings. The van der Waals surface area contributed by atoms with E-state index < -0.39 is 15.2 Å². The van der Waals surface area contributed by atoms with E-state index in [1.165, 1.54) is 6.92 Å². The molecule has 28 heavy (non-hydrogen) atoms. The summed E-state index contributed by atoms with van der Waals surface area (Å²) in [5.41, 5.74) is 1.24. The van der Waals surface area contributed by atoms with Gasteiger partial charge in [-0.05, 0) is 43.8 Å². The van der Waals surface area contributed by atoms with E-state index in [2.05, 4.69) is 20.4 Å². The third kappa shape index (κ3) is 5.03. The average molecular weight is 408 g/mol. The standard InChI is InChI=1S/C16H20N6O5S/c1-4-20(5-2)11-6-7-12(13(8-11)17-10(3)23)18-19-16-14(21(24)25)9-15(28-16)22(26)27/h6-8,15H,4-5,9H2,1-3H3,(H,17,23). The predicted octanol–water partition coefficient (Wildman–Crippen LogP) is 3.76. The van der Waals surface area contributed by atoms with Crippen LogP contribution in [-0.4, -0.2) is 34.2 Å². The van der Waals surface area contributed by atoms with Crippen LogP contribution in [0.4, 0.5) is 17.1 Å². The number of carbonyl (C=O) groups excluding carboxylic acids is 1. The first kappa shape index (κ1) is 21.3. The molecule has 11 nitrogen and oxygen atoms in total. The molecule has 2 rings (SSSR count). The van der Waals surface area contributed by atoms with E-state index >= 15 is 0 Å². The van der Waals surface area contributed by atoms with Gasteiger partial charge >= 0.3 is 0 Å². The summed E-state index contributed by atoms with van der Waals surface area (Å²) < 4.78 is 0. The fourth-order valence-corrected chi connectivity index (χ4v) is 3.60. The van der Waals surface area contributed by atoms with E-state index in [9.17, 15) is 25.0 Å². The van der Waals surface area contributed by atoms with Gasteiger partial charge in [-0.1, -0.05) is 0 Å². The molecule has 150 valence electrons. The Morgan fingerprint density at radius 2 is 1.96 bits per heavy atom. The lowest BCUT2D eigenvalue weighted by molar-refractivity contribution is -0.502. The number of nitrogens with one attached hydrogen (secondary N) is 1. The highest BCUT2D eigenvalue weighted by atomic mass is 32.2.